The van der Waals surface area contributed by atoms with Crippen molar-refractivity contribution in [3.63, 3.8) is 0 Å². The summed E-state index contributed by atoms with van der Waals surface area (Å²) in [5.41, 5.74) is 8.23. The average molecular weight is 396 g/mol. The van der Waals surface area contributed by atoms with E-state index in [1.54, 1.807) is 12.7 Å². The first kappa shape index (κ1) is 17.7. The molecule has 3 fully saturated rings. The van der Waals surface area contributed by atoms with Crippen LogP contribution in [-0.4, -0.2) is 49.0 Å². The lowest BCUT2D eigenvalue weighted by atomic mass is 9.79. The Labute approximate surface area is 170 Å². The minimum absolute atomic E-state index is 0.142. The van der Waals surface area contributed by atoms with Crippen molar-refractivity contribution < 1.29 is 4.74 Å². The minimum Gasteiger partial charge on any atom is -0.372 e. The maximum atomic E-state index is 6.41. The van der Waals surface area contributed by atoms with Gasteiger partial charge in [0.15, 0.2) is 0 Å². The van der Waals surface area contributed by atoms with Crippen molar-refractivity contribution in [3.8, 4) is 0 Å². The molecule has 2 aliphatic heterocycles. The predicted molar refractivity (Wildman–Crippen MR) is 106 cm³/mol. The topological polar surface area (TPSA) is 93.0 Å². The second-order valence-electron chi connectivity index (χ2n) is 9.16. The molecule has 2 aromatic rings. The highest BCUT2D eigenvalue weighted by Crippen LogP contribution is 2.45. The number of aromatic nitrogens is 5. The molecule has 2 aromatic heterocycles. The van der Waals surface area contributed by atoms with Crippen LogP contribution >= 0.6 is 0 Å². The van der Waals surface area contributed by atoms with E-state index in [0.29, 0.717) is 18.1 Å². The standard InChI is InChI=1S/C20H28N8O/c1-20(4-5-20)29-13-2-3-15-14(8-13)19(26-25-15)16-9-17(22-11-21-16)27-6-7-28-18(10-27)23-12-24-28/h9,11-15,19,25-26H,2-8,10H2,1H3. The molecule has 0 aromatic carbocycles. The average Bonchev–Trinajstić information content (AvgIpc) is 3.15. The molecule has 4 aliphatic rings. The Morgan fingerprint density at radius 2 is 2.03 bits per heavy atom. The Morgan fingerprint density at radius 3 is 2.93 bits per heavy atom. The zero-order valence-electron chi connectivity index (χ0n) is 16.8. The van der Waals surface area contributed by atoms with Gasteiger partial charge in [-0.25, -0.2) is 25.1 Å². The lowest BCUT2D eigenvalue weighted by Crippen LogP contribution is -2.38. The summed E-state index contributed by atoms with van der Waals surface area (Å²) in [6, 6.07) is 2.81. The Bertz CT molecular complexity index is 896. The molecule has 4 unspecified atom stereocenters. The van der Waals surface area contributed by atoms with E-state index in [1.807, 2.05) is 4.68 Å². The van der Waals surface area contributed by atoms with E-state index in [1.165, 1.54) is 12.8 Å². The van der Waals surface area contributed by atoms with Gasteiger partial charge in [0.1, 0.15) is 24.3 Å². The minimum atomic E-state index is 0.142. The van der Waals surface area contributed by atoms with Crippen LogP contribution in [0.4, 0.5) is 5.82 Å². The molecule has 9 heteroatoms. The second kappa shape index (κ2) is 6.72. The first-order valence-corrected chi connectivity index (χ1v) is 10.8. The Balaban J connectivity index is 1.20. The summed E-state index contributed by atoms with van der Waals surface area (Å²) in [5.74, 6) is 2.44. The van der Waals surface area contributed by atoms with Gasteiger partial charge in [0.25, 0.3) is 0 Å². The summed E-state index contributed by atoms with van der Waals surface area (Å²) in [4.78, 5) is 15.8. The van der Waals surface area contributed by atoms with Crippen molar-refractivity contribution in [2.45, 2.75) is 75.9 Å². The van der Waals surface area contributed by atoms with Gasteiger partial charge in [-0.05, 0) is 39.0 Å². The SMILES string of the molecule is CC1(OC2CCC3NNC(c4cc(N5CCn6ncnc6C5)ncn4)C3C2)CC1. The van der Waals surface area contributed by atoms with Crippen LogP contribution in [0.25, 0.3) is 0 Å². The highest BCUT2D eigenvalue weighted by Gasteiger charge is 2.46. The van der Waals surface area contributed by atoms with Gasteiger partial charge in [0, 0.05) is 24.6 Å². The summed E-state index contributed by atoms with van der Waals surface area (Å²) in [7, 11) is 0. The number of nitrogens with one attached hydrogen (secondary N) is 2. The van der Waals surface area contributed by atoms with E-state index in [0.717, 1.165) is 56.2 Å². The Morgan fingerprint density at radius 1 is 1.10 bits per heavy atom. The number of ether oxygens (including phenoxy) is 1. The van der Waals surface area contributed by atoms with Crippen molar-refractivity contribution in [3.05, 3.63) is 30.2 Å². The number of nitrogens with zero attached hydrogens (tertiary/aromatic N) is 6. The van der Waals surface area contributed by atoms with Gasteiger partial charge in [-0.15, -0.1) is 0 Å². The monoisotopic (exact) mass is 396 g/mol. The third-order valence-corrected chi connectivity index (χ3v) is 7.04. The zero-order valence-corrected chi connectivity index (χ0v) is 16.8. The summed E-state index contributed by atoms with van der Waals surface area (Å²) in [6.45, 7) is 4.69. The van der Waals surface area contributed by atoms with Gasteiger partial charge in [-0.1, -0.05) is 0 Å². The van der Waals surface area contributed by atoms with E-state index in [4.69, 9.17) is 4.74 Å². The quantitative estimate of drug-likeness (QED) is 0.800. The normalized spacial score (nSPS) is 32.7. The van der Waals surface area contributed by atoms with Crippen LogP contribution in [0.5, 0.6) is 0 Å². The summed E-state index contributed by atoms with van der Waals surface area (Å²) < 4.78 is 8.38. The van der Waals surface area contributed by atoms with Crippen molar-refractivity contribution in [1.82, 2.24) is 35.6 Å². The zero-order chi connectivity index (χ0) is 19.4. The first-order valence-electron chi connectivity index (χ1n) is 10.8. The highest BCUT2D eigenvalue weighted by molar-refractivity contribution is 5.40. The number of hydrazine groups is 1. The molecule has 2 N–H and O–H groups in total. The first-order chi connectivity index (χ1) is 14.2. The largest absolute Gasteiger partial charge is 0.372 e. The Hall–Kier alpha value is -2.10. The molecule has 0 bridgehead atoms. The lowest BCUT2D eigenvalue weighted by molar-refractivity contribution is -0.0500. The molecule has 29 heavy (non-hydrogen) atoms. The smallest absolute Gasteiger partial charge is 0.146 e. The van der Waals surface area contributed by atoms with Gasteiger partial charge in [-0.2, -0.15) is 5.10 Å². The van der Waals surface area contributed by atoms with Crippen molar-refractivity contribution >= 4 is 5.82 Å². The second-order valence-corrected chi connectivity index (χ2v) is 9.16. The number of hydrogen-bond acceptors (Lipinski definition) is 8. The Kier molecular flexibility index (Phi) is 4.11. The molecule has 154 valence electrons. The van der Waals surface area contributed by atoms with Gasteiger partial charge >= 0.3 is 0 Å². The molecule has 0 radical (unpaired) electrons. The molecule has 4 heterocycles. The fourth-order valence-corrected chi connectivity index (χ4v) is 5.08. The van der Waals surface area contributed by atoms with E-state index in [9.17, 15) is 0 Å². The molecular formula is C20H28N8O. The molecule has 2 saturated carbocycles. The van der Waals surface area contributed by atoms with Crippen LogP contribution in [0.3, 0.4) is 0 Å². The van der Waals surface area contributed by atoms with E-state index in [-0.39, 0.29) is 11.6 Å². The molecule has 4 atom stereocenters. The molecule has 0 amide bonds. The summed E-state index contributed by atoms with van der Waals surface area (Å²) in [6.07, 6.45) is 9.46. The number of hydrogen-bond donors (Lipinski definition) is 2. The molecule has 9 nitrogen and oxygen atoms in total. The molecule has 1 saturated heterocycles. The fraction of sp³-hybridized carbons (Fsp3) is 0.700. The predicted octanol–water partition coefficient (Wildman–Crippen LogP) is 1.34. The molecular weight excluding hydrogens is 368 g/mol. The lowest BCUT2D eigenvalue weighted by Gasteiger charge is -2.34. The van der Waals surface area contributed by atoms with Crippen molar-refractivity contribution in [1.29, 1.82) is 0 Å². The van der Waals surface area contributed by atoms with E-state index < -0.39 is 0 Å². The van der Waals surface area contributed by atoms with Crippen LogP contribution in [0.2, 0.25) is 0 Å². The van der Waals surface area contributed by atoms with Gasteiger partial charge in [0.05, 0.1) is 36.5 Å². The van der Waals surface area contributed by atoms with Gasteiger partial charge in [-0.3, -0.25) is 5.43 Å². The highest BCUT2D eigenvalue weighted by atomic mass is 16.5. The van der Waals surface area contributed by atoms with Crippen molar-refractivity contribution in [2.24, 2.45) is 5.92 Å². The summed E-state index contributed by atoms with van der Waals surface area (Å²) >= 11 is 0. The molecule has 6 rings (SSSR count). The third-order valence-electron chi connectivity index (χ3n) is 7.04. The number of rotatable bonds is 4. The molecule has 2 aliphatic carbocycles. The maximum absolute atomic E-state index is 6.41. The summed E-state index contributed by atoms with van der Waals surface area (Å²) in [5, 5.41) is 4.26. The van der Waals surface area contributed by atoms with Crippen LogP contribution in [0.15, 0.2) is 18.7 Å². The van der Waals surface area contributed by atoms with Crippen LogP contribution in [0, 0.1) is 5.92 Å². The number of fused-ring (bicyclic) bond motifs is 2. The van der Waals surface area contributed by atoms with Crippen LogP contribution in [0.1, 0.15) is 56.6 Å². The van der Waals surface area contributed by atoms with Crippen LogP contribution in [-0.2, 0) is 17.8 Å². The molecule has 0 spiro atoms. The fourth-order valence-electron chi connectivity index (χ4n) is 5.08. The van der Waals surface area contributed by atoms with E-state index in [2.05, 4.69) is 48.8 Å². The van der Waals surface area contributed by atoms with Crippen molar-refractivity contribution in [2.75, 3.05) is 11.4 Å². The van der Waals surface area contributed by atoms with Crippen LogP contribution < -0.4 is 15.8 Å². The van der Waals surface area contributed by atoms with Gasteiger partial charge < -0.3 is 9.64 Å². The third kappa shape index (κ3) is 3.31. The number of anilines is 1. The van der Waals surface area contributed by atoms with Gasteiger partial charge in [0.2, 0.25) is 0 Å². The van der Waals surface area contributed by atoms with E-state index >= 15 is 0 Å². The maximum Gasteiger partial charge on any atom is 0.146 e.